The van der Waals surface area contributed by atoms with Crippen molar-refractivity contribution in [1.82, 2.24) is 20.1 Å². The molecule has 4 nitrogen and oxygen atoms in total. The molecule has 0 saturated carbocycles. The molecule has 0 saturated heterocycles. The molecule has 1 unspecified atom stereocenters. The summed E-state index contributed by atoms with van der Waals surface area (Å²) in [7, 11) is 2.01. The highest BCUT2D eigenvalue weighted by Crippen LogP contribution is 2.25. The first-order chi connectivity index (χ1) is 10.1. The van der Waals surface area contributed by atoms with Gasteiger partial charge in [0.15, 0.2) is 5.16 Å². The largest absolute Gasteiger partial charge is 0.309 e. The summed E-state index contributed by atoms with van der Waals surface area (Å²) in [5.41, 5.74) is 2.71. The number of rotatable bonds is 7. The van der Waals surface area contributed by atoms with E-state index in [2.05, 4.69) is 53.6 Å². The number of thioether (sulfide) groups is 1. The van der Waals surface area contributed by atoms with Crippen LogP contribution in [0.15, 0.2) is 29.4 Å². The lowest BCUT2D eigenvalue weighted by atomic mass is 10.0. The van der Waals surface area contributed by atoms with E-state index in [9.17, 15) is 0 Å². The fourth-order valence-electron chi connectivity index (χ4n) is 2.23. The molecule has 0 bridgehead atoms. The summed E-state index contributed by atoms with van der Waals surface area (Å²) in [6.07, 6.45) is 1.14. The molecule has 1 aromatic heterocycles. The second-order valence-corrected chi connectivity index (χ2v) is 6.25. The van der Waals surface area contributed by atoms with E-state index in [1.54, 1.807) is 11.8 Å². The van der Waals surface area contributed by atoms with E-state index in [4.69, 9.17) is 0 Å². The summed E-state index contributed by atoms with van der Waals surface area (Å²) in [5.74, 6) is 1.91. The quantitative estimate of drug-likeness (QED) is 0.797. The summed E-state index contributed by atoms with van der Waals surface area (Å²) >= 11 is 1.76. The van der Waals surface area contributed by atoms with Gasteiger partial charge in [-0.1, -0.05) is 43.0 Å². The van der Waals surface area contributed by atoms with Crippen molar-refractivity contribution in [2.24, 2.45) is 7.05 Å². The number of hydrogen-bond acceptors (Lipinski definition) is 4. The first kappa shape index (κ1) is 16.0. The molecule has 0 aliphatic carbocycles. The van der Waals surface area contributed by atoms with Crippen LogP contribution in [0.1, 0.15) is 36.3 Å². The van der Waals surface area contributed by atoms with Crippen LogP contribution < -0.4 is 5.32 Å². The summed E-state index contributed by atoms with van der Waals surface area (Å²) in [4.78, 5) is 0. The fraction of sp³-hybridized carbons (Fsp3) is 0.500. The van der Waals surface area contributed by atoms with Gasteiger partial charge < -0.3 is 9.88 Å². The van der Waals surface area contributed by atoms with Gasteiger partial charge in [-0.2, -0.15) is 0 Å². The van der Waals surface area contributed by atoms with Gasteiger partial charge in [-0.15, -0.1) is 10.2 Å². The zero-order chi connectivity index (χ0) is 15.2. The highest BCUT2D eigenvalue weighted by molar-refractivity contribution is 7.99. The van der Waals surface area contributed by atoms with Crippen molar-refractivity contribution in [2.45, 2.75) is 38.4 Å². The van der Waals surface area contributed by atoms with Crippen LogP contribution in [0.5, 0.6) is 0 Å². The second kappa shape index (κ2) is 7.61. The van der Waals surface area contributed by atoms with Crippen molar-refractivity contribution in [3.8, 4) is 0 Å². The lowest BCUT2D eigenvalue weighted by molar-refractivity contribution is 0.574. The molecule has 1 aromatic carbocycles. The van der Waals surface area contributed by atoms with Gasteiger partial charge in [-0.05, 0) is 37.9 Å². The zero-order valence-electron chi connectivity index (χ0n) is 13.3. The number of nitrogens with one attached hydrogen (secondary N) is 1. The average Bonchev–Trinajstić information content (AvgIpc) is 2.80. The van der Waals surface area contributed by atoms with Gasteiger partial charge in [0.1, 0.15) is 5.82 Å². The lowest BCUT2D eigenvalue weighted by Gasteiger charge is -2.20. The Kier molecular flexibility index (Phi) is 5.82. The molecule has 0 fully saturated rings. The van der Waals surface area contributed by atoms with E-state index < -0.39 is 0 Å². The molecule has 5 heteroatoms. The molecule has 2 rings (SSSR count). The molecule has 1 N–H and O–H groups in total. The molecule has 114 valence electrons. The van der Waals surface area contributed by atoms with E-state index in [1.165, 1.54) is 11.1 Å². The van der Waals surface area contributed by atoms with Crippen molar-refractivity contribution in [3.05, 3.63) is 41.2 Å². The maximum atomic E-state index is 4.23. The molecule has 0 aliphatic rings. The van der Waals surface area contributed by atoms with Crippen LogP contribution in [-0.2, 0) is 7.05 Å². The molecule has 1 heterocycles. The van der Waals surface area contributed by atoms with Gasteiger partial charge in [0.2, 0.25) is 0 Å². The standard InChI is InChI=1S/C16H24N4S/c1-5-10-17-15(14-9-7-6-8-12(14)2)11-21-16-19-18-13(3)20(16)4/h6-9,15,17H,5,10-11H2,1-4H3. The predicted octanol–water partition coefficient (Wildman–Crippen LogP) is 3.26. The molecule has 0 spiro atoms. The predicted molar refractivity (Wildman–Crippen MR) is 88.7 cm³/mol. The molecule has 1 atom stereocenters. The van der Waals surface area contributed by atoms with Crippen LogP contribution in [0.3, 0.4) is 0 Å². The lowest BCUT2D eigenvalue weighted by Crippen LogP contribution is -2.25. The fourth-order valence-corrected chi connectivity index (χ4v) is 3.26. The molecule has 0 aliphatic heterocycles. The Hall–Kier alpha value is -1.33. The number of aryl methyl sites for hydroxylation is 2. The topological polar surface area (TPSA) is 42.7 Å². The Morgan fingerprint density at radius 2 is 2.00 bits per heavy atom. The van der Waals surface area contributed by atoms with E-state index >= 15 is 0 Å². The third-order valence-electron chi connectivity index (χ3n) is 3.64. The van der Waals surface area contributed by atoms with Crippen molar-refractivity contribution >= 4 is 11.8 Å². The normalized spacial score (nSPS) is 12.6. The average molecular weight is 304 g/mol. The Balaban J connectivity index is 2.10. The molecular formula is C16H24N4S. The van der Waals surface area contributed by atoms with Gasteiger partial charge in [0.25, 0.3) is 0 Å². The van der Waals surface area contributed by atoms with E-state index in [0.717, 1.165) is 29.7 Å². The van der Waals surface area contributed by atoms with Crippen molar-refractivity contribution in [3.63, 3.8) is 0 Å². The third kappa shape index (κ3) is 4.08. The van der Waals surface area contributed by atoms with Crippen LogP contribution in [0, 0.1) is 13.8 Å². The number of hydrogen-bond donors (Lipinski definition) is 1. The Labute approximate surface area is 131 Å². The summed E-state index contributed by atoms with van der Waals surface area (Å²) in [6.45, 7) is 7.37. The number of benzene rings is 1. The maximum Gasteiger partial charge on any atom is 0.191 e. The minimum absolute atomic E-state index is 0.341. The SMILES string of the molecule is CCCNC(CSc1nnc(C)n1C)c1ccccc1C. The van der Waals surface area contributed by atoms with Crippen LogP contribution >= 0.6 is 11.8 Å². The first-order valence-electron chi connectivity index (χ1n) is 7.41. The van der Waals surface area contributed by atoms with E-state index in [0.29, 0.717) is 6.04 Å². The highest BCUT2D eigenvalue weighted by atomic mass is 32.2. The van der Waals surface area contributed by atoms with Crippen LogP contribution in [-0.4, -0.2) is 27.1 Å². The molecular weight excluding hydrogens is 280 g/mol. The molecule has 21 heavy (non-hydrogen) atoms. The minimum Gasteiger partial charge on any atom is -0.309 e. The molecule has 0 radical (unpaired) electrons. The molecule has 2 aromatic rings. The molecule has 0 amide bonds. The number of aromatic nitrogens is 3. The summed E-state index contributed by atoms with van der Waals surface area (Å²) in [6, 6.07) is 8.93. The van der Waals surface area contributed by atoms with Crippen molar-refractivity contribution < 1.29 is 0 Å². The Morgan fingerprint density at radius 3 is 2.62 bits per heavy atom. The summed E-state index contributed by atoms with van der Waals surface area (Å²) < 4.78 is 2.04. The van der Waals surface area contributed by atoms with E-state index in [-0.39, 0.29) is 0 Å². The van der Waals surface area contributed by atoms with Gasteiger partial charge >= 0.3 is 0 Å². The van der Waals surface area contributed by atoms with E-state index in [1.807, 2.05) is 18.5 Å². The zero-order valence-corrected chi connectivity index (χ0v) is 14.1. The van der Waals surface area contributed by atoms with Crippen LogP contribution in [0.4, 0.5) is 0 Å². The van der Waals surface area contributed by atoms with Gasteiger partial charge in [-0.25, -0.2) is 0 Å². The third-order valence-corrected chi connectivity index (χ3v) is 4.75. The van der Waals surface area contributed by atoms with Crippen molar-refractivity contribution in [1.29, 1.82) is 0 Å². The van der Waals surface area contributed by atoms with Crippen LogP contribution in [0.25, 0.3) is 0 Å². The Bertz CT molecular complexity index is 579. The Morgan fingerprint density at radius 1 is 1.24 bits per heavy atom. The number of nitrogens with zero attached hydrogens (tertiary/aromatic N) is 3. The van der Waals surface area contributed by atoms with Gasteiger partial charge in [-0.3, -0.25) is 0 Å². The van der Waals surface area contributed by atoms with Gasteiger partial charge in [0, 0.05) is 18.8 Å². The maximum absolute atomic E-state index is 4.23. The van der Waals surface area contributed by atoms with Gasteiger partial charge in [0.05, 0.1) is 0 Å². The first-order valence-corrected chi connectivity index (χ1v) is 8.39. The monoisotopic (exact) mass is 304 g/mol. The van der Waals surface area contributed by atoms with Crippen LogP contribution in [0.2, 0.25) is 0 Å². The second-order valence-electron chi connectivity index (χ2n) is 5.26. The summed E-state index contributed by atoms with van der Waals surface area (Å²) in [5, 5.41) is 13.0. The minimum atomic E-state index is 0.341. The highest BCUT2D eigenvalue weighted by Gasteiger charge is 2.15. The smallest absolute Gasteiger partial charge is 0.191 e. The van der Waals surface area contributed by atoms with Crippen molar-refractivity contribution in [2.75, 3.05) is 12.3 Å².